The number of rotatable bonds is 2. The van der Waals surface area contributed by atoms with Crippen molar-refractivity contribution >= 4 is 0 Å². The SMILES string of the molecule is Cc1nnc(C2(N)CCOCC2)n1C1CC1. The van der Waals surface area contributed by atoms with Gasteiger partial charge >= 0.3 is 0 Å². The van der Waals surface area contributed by atoms with Crippen LogP contribution in [-0.4, -0.2) is 28.0 Å². The number of aryl methyl sites for hydroxylation is 1. The summed E-state index contributed by atoms with van der Waals surface area (Å²) in [5.74, 6) is 1.96. The first-order valence-corrected chi connectivity index (χ1v) is 5.99. The van der Waals surface area contributed by atoms with Crippen LogP contribution < -0.4 is 5.73 Å². The minimum atomic E-state index is -0.331. The minimum Gasteiger partial charge on any atom is -0.381 e. The molecule has 1 aromatic rings. The minimum absolute atomic E-state index is 0.331. The molecule has 3 rings (SSSR count). The Bertz CT molecular complexity index is 391. The molecule has 1 aromatic heterocycles. The molecule has 0 radical (unpaired) electrons. The molecule has 2 fully saturated rings. The van der Waals surface area contributed by atoms with E-state index in [-0.39, 0.29) is 5.54 Å². The van der Waals surface area contributed by atoms with Gasteiger partial charge in [0.25, 0.3) is 0 Å². The van der Waals surface area contributed by atoms with Crippen LogP contribution in [0.2, 0.25) is 0 Å². The highest BCUT2D eigenvalue weighted by atomic mass is 16.5. The summed E-state index contributed by atoms with van der Waals surface area (Å²) in [6.45, 7) is 3.47. The molecule has 5 heteroatoms. The van der Waals surface area contributed by atoms with Crippen molar-refractivity contribution in [2.45, 2.75) is 44.2 Å². The van der Waals surface area contributed by atoms with E-state index in [1.807, 2.05) is 6.92 Å². The van der Waals surface area contributed by atoms with E-state index in [0.717, 1.165) is 37.7 Å². The van der Waals surface area contributed by atoms with Gasteiger partial charge in [0.2, 0.25) is 0 Å². The van der Waals surface area contributed by atoms with E-state index in [1.54, 1.807) is 0 Å². The molecule has 1 aliphatic carbocycles. The number of hydrogen-bond acceptors (Lipinski definition) is 4. The average molecular weight is 222 g/mol. The standard InChI is InChI=1S/C11H18N4O/c1-8-13-14-10(15(8)9-2-3-9)11(12)4-6-16-7-5-11/h9H,2-7,12H2,1H3. The van der Waals surface area contributed by atoms with Crippen molar-refractivity contribution in [1.29, 1.82) is 0 Å². The maximum atomic E-state index is 6.46. The van der Waals surface area contributed by atoms with E-state index in [4.69, 9.17) is 10.5 Å². The predicted octanol–water partition coefficient (Wildman–Crippen LogP) is 0.886. The number of aromatic nitrogens is 3. The van der Waals surface area contributed by atoms with Crippen molar-refractivity contribution in [1.82, 2.24) is 14.8 Å². The summed E-state index contributed by atoms with van der Waals surface area (Å²) in [7, 11) is 0. The molecule has 2 aliphatic rings. The van der Waals surface area contributed by atoms with Crippen molar-refractivity contribution < 1.29 is 4.74 Å². The summed E-state index contributed by atoms with van der Waals surface area (Å²) in [6, 6.07) is 0.591. The number of hydrogen-bond donors (Lipinski definition) is 1. The largest absolute Gasteiger partial charge is 0.381 e. The zero-order valence-corrected chi connectivity index (χ0v) is 9.65. The third kappa shape index (κ3) is 1.55. The second kappa shape index (κ2) is 3.53. The highest BCUT2D eigenvalue weighted by Crippen LogP contribution is 2.39. The van der Waals surface area contributed by atoms with E-state index in [9.17, 15) is 0 Å². The normalized spacial score (nSPS) is 24.6. The van der Waals surface area contributed by atoms with Crippen LogP contribution in [0.5, 0.6) is 0 Å². The molecular formula is C11H18N4O. The number of ether oxygens (including phenoxy) is 1. The second-order valence-electron chi connectivity index (χ2n) is 4.94. The fourth-order valence-corrected chi connectivity index (χ4v) is 2.44. The maximum Gasteiger partial charge on any atom is 0.153 e. The fourth-order valence-electron chi connectivity index (χ4n) is 2.44. The van der Waals surface area contributed by atoms with Crippen molar-refractivity contribution in [3.8, 4) is 0 Å². The molecule has 0 bridgehead atoms. The van der Waals surface area contributed by atoms with Crippen LogP contribution in [0.4, 0.5) is 0 Å². The number of nitrogens with zero attached hydrogens (tertiary/aromatic N) is 3. The maximum absolute atomic E-state index is 6.46. The Kier molecular flexibility index (Phi) is 2.26. The summed E-state index contributed by atoms with van der Waals surface area (Å²) >= 11 is 0. The molecule has 1 saturated carbocycles. The molecule has 2 N–H and O–H groups in total. The summed E-state index contributed by atoms with van der Waals surface area (Å²) in [5.41, 5.74) is 6.13. The monoisotopic (exact) mass is 222 g/mol. The van der Waals surface area contributed by atoms with Gasteiger partial charge in [0.15, 0.2) is 5.82 Å². The zero-order valence-electron chi connectivity index (χ0n) is 9.65. The van der Waals surface area contributed by atoms with Gasteiger partial charge in [-0.3, -0.25) is 0 Å². The molecule has 88 valence electrons. The second-order valence-corrected chi connectivity index (χ2v) is 4.94. The quantitative estimate of drug-likeness (QED) is 0.807. The van der Waals surface area contributed by atoms with Crippen LogP contribution in [0.3, 0.4) is 0 Å². The molecule has 16 heavy (non-hydrogen) atoms. The van der Waals surface area contributed by atoms with Crippen LogP contribution in [0, 0.1) is 6.92 Å². The molecule has 0 unspecified atom stereocenters. The third-order valence-corrected chi connectivity index (χ3v) is 3.61. The highest BCUT2D eigenvalue weighted by Gasteiger charge is 2.39. The van der Waals surface area contributed by atoms with Gasteiger partial charge in [-0.15, -0.1) is 10.2 Å². The first-order chi connectivity index (χ1) is 7.71. The predicted molar refractivity (Wildman–Crippen MR) is 58.9 cm³/mol. The Balaban J connectivity index is 1.98. The smallest absolute Gasteiger partial charge is 0.153 e. The molecule has 0 amide bonds. The van der Waals surface area contributed by atoms with Gasteiger partial charge in [0.1, 0.15) is 5.82 Å². The van der Waals surface area contributed by atoms with E-state index in [0.29, 0.717) is 6.04 Å². The third-order valence-electron chi connectivity index (χ3n) is 3.61. The Labute approximate surface area is 95.0 Å². The molecule has 2 heterocycles. The Hall–Kier alpha value is -0.940. The number of nitrogens with two attached hydrogens (primary N) is 1. The van der Waals surface area contributed by atoms with Crippen molar-refractivity contribution in [3.05, 3.63) is 11.6 Å². The molecular weight excluding hydrogens is 204 g/mol. The van der Waals surface area contributed by atoms with Crippen LogP contribution in [0.1, 0.15) is 43.4 Å². The summed E-state index contributed by atoms with van der Waals surface area (Å²) < 4.78 is 7.61. The van der Waals surface area contributed by atoms with Crippen molar-refractivity contribution in [2.24, 2.45) is 5.73 Å². The van der Waals surface area contributed by atoms with Gasteiger partial charge in [-0.1, -0.05) is 0 Å². The van der Waals surface area contributed by atoms with Crippen LogP contribution >= 0.6 is 0 Å². The first-order valence-electron chi connectivity index (χ1n) is 5.99. The lowest BCUT2D eigenvalue weighted by molar-refractivity contribution is 0.0477. The Morgan fingerprint density at radius 2 is 2.00 bits per heavy atom. The van der Waals surface area contributed by atoms with E-state index in [2.05, 4.69) is 14.8 Å². The van der Waals surface area contributed by atoms with Crippen LogP contribution in [-0.2, 0) is 10.3 Å². The summed E-state index contributed by atoms with van der Waals surface area (Å²) in [5, 5.41) is 8.50. The van der Waals surface area contributed by atoms with E-state index < -0.39 is 0 Å². The summed E-state index contributed by atoms with van der Waals surface area (Å²) in [6.07, 6.45) is 4.16. The van der Waals surface area contributed by atoms with Crippen molar-refractivity contribution in [3.63, 3.8) is 0 Å². The Morgan fingerprint density at radius 1 is 1.31 bits per heavy atom. The first kappa shape index (κ1) is 10.2. The van der Waals surface area contributed by atoms with Crippen molar-refractivity contribution in [2.75, 3.05) is 13.2 Å². The van der Waals surface area contributed by atoms with Gasteiger partial charge in [-0.05, 0) is 32.6 Å². The zero-order chi connectivity index (χ0) is 11.2. The lowest BCUT2D eigenvalue weighted by Crippen LogP contribution is -2.44. The fraction of sp³-hybridized carbons (Fsp3) is 0.818. The molecule has 0 spiro atoms. The highest BCUT2D eigenvalue weighted by molar-refractivity contribution is 5.12. The topological polar surface area (TPSA) is 66.0 Å². The molecule has 0 aromatic carbocycles. The van der Waals surface area contributed by atoms with E-state index in [1.165, 1.54) is 12.8 Å². The molecule has 0 atom stereocenters. The lowest BCUT2D eigenvalue weighted by atomic mass is 9.90. The van der Waals surface area contributed by atoms with Gasteiger partial charge < -0.3 is 15.0 Å². The molecule has 1 aliphatic heterocycles. The van der Waals surface area contributed by atoms with Gasteiger partial charge in [0, 0.05) is 19.3 Å². The Morgan fingerprint density at radius 3 is 2.62 bits per heavy atom. The average Bonchev–Trinajstić information content (AvgIpc) is 3.03. The van der Waals surface area contributed by atoms with Crippen LogP contribution in [0.25, 0.3) is 0 Å². The van der Waals surface area contributed by atoms with Gasteiger partial charge in [0.05, 0.1) is 5.54 Å². The lowest BCUT2D eigenvalue weighted by Gasteiger charge is -2.32. The van der Waals surface area contributed by atoms with Gasteiger partial charge in [-0.2, -0.15) is 0 Å². The van der Waals surface area contributed by atoms with E-state index >= 15 is 0 Å². The molecule has 5 nitrogen and oxygen atoms in total. The summed E-state index contributed by atoms with van der Waals surface area (Å²) in [4.78, 5) is 0. The van der Waals surface area contributed by atoms with Crippen LogP contribution in [0.15, 0.2) is 0 Å². The molecule has 1 saturated heterocycles. The van der Waals surface area contributed by atoms with Gasteiger partial charge in [-0.25, -0.2) is 0 Å².